The van der Waals surface area contributed by atoms with Gasteiger partial charge >= 0.3 is 0 Å². The first-order chi connectivity index (χ1) is 18.5. The number of nitrogens with two attached hydrogens (primary N) is 1. The summed E-state index contributed by atoms with van der Waals surface area (Å²) in [7, 11) is 0. The molecule has 3 aliphatic rings. The summed E-state index contributed by atoms with van der Waals surface area (Å²) in [6.07, 6.45) is 11.0. The molecule has 3 aliphatic heterocycles. The number of primary amides is 1. The van der Waals surface area contributed by atoms with Gasteiger partial charge in [-0.25, -0.2) is 0 Å². The quantitative estimate of drug-likeness (QED) is 0.365. The zero-order valence-electron chi connectivity index (χ0n) is 23.6. The highest BCUT2D eigenvalue weighted by Gasteiger charge is 2.31. The second-order valence-corrected chi connectivity index (χ2v) is 11.2. The van der Waals surface area contributed by atoms with Crippen LogP contribution in [0.1, 0.15) is 64.9 Å². The molecule has 0 bridgehead atoms. The smallest absolute Gasteiger partial charge is 0.246 e. The predicted molar refractivity (Wildman–Crippen MR) is 161 cm³/mol. The first-order valence-electron chi connectivity index (χ1n) is 14.3. The Labute approximate surface area is 233 Å². The average Bonchev–Trinajstić information content (AvgIpc) is 3.59. The third-order valence-electron chi connectivity index (χ3n) is 8.25. The lowest BCUT2D eigenvalue weighted by molar-refractivity contribution is -0.127. The molecule has 0 saturated carbocycles. The van der Waals surface area contributed by atoms with Crippen molar-refractivity contribution in [2.24, 2.45) is 17.6 Å². The number of piperidine rings is 2. The summed E-state index contributed by atoms with van der Waals surface area (Å²) in [5, 5.41) is 3.59. The number of carbonyl (C=O) groups excluding carboxylic acids is 2. The molecule has 6 nitrogen and oxygen atoms in total. The van der Waals surface area contributed by atoms with E-state index in [4.69, 9.17) is 4.79 Å². The molecule has 4 heterocycles. The lowest BCUT2D eigenvalue weighted by atomic mass is 9.85. The van der Waals surface area contributed by atoms with Gasteiger partial charge in [0.15, 0.2) is 0 Å². The fourth-order valence-corrected chi connectivity index (χ4v) is 7.01. The summed E-state index contributed by atoms with van der Waals surface area (Å²) in [4.78, 5) is 29.5. The Kier molecular flexibility index (Phi) is 12.0. The van der Waals surface area contributed by atoms with E-state index in [1.54, 1.807) is 6.08 Å². The Hall–Kier alpha value is -2.51. The zero-order valence-corrected chi connectivity index (χ0v) is 24.4. The van der Waals surface area contributed by atoms with E-state index in [9.17, 15) is 4.79 Å². The predicted octanol–water partition coefficient (Wildman–Crippen LogP) is 5.93. The third-order valence-corrected chi connectivity index (χ3v) is 9.38. The van der Waals surface area contributed by atoms with Crippen molar-refractivity contribution in [2.75, 3.05) is 31.9 Å². The summed E-state index contributed by atoms with van der Waals surface area (Å²) >= 11 is 1.85. The molecule has 0 radical (unpaired) electrons. The summed E-state index contributed by atoms with van der Waals surface area (Å²) in [6, 6.07) is 9.28. The number of nitrogens with one attached hydrogen (secondary N) is 1. The van der Waals surface area contributed by atoms with E-state index in [0.29, 0.717) is 23.8 Å². The van der Waals surface area contributed by atoms with Crippen LogP contribution < -0.4 is 5.73 Å². The number of thioether (sulfide) groups is 1. The number of carbonyl (C=O) groups is 2. The first-order valence-corrected chi connectivity index (χ1v) is 15.3. The number of hydrogen-bond acceptors (Lipinski definition) is 4. The summed E-state index contributed by atoms with van der Waals surface area (Å²) < 4.78 is 0. The van der Waals surface area contributed by atoms with E-state index < -0.39 is 0 Å². The number of hydrogen-bond donors (Lipinski definition) is 2. The van der Waals surface area contributed by atoms with Crippen LogP contribution in [0.15, 0.2) is 53.6 Å². The molecule has 2 saturated heterocycles. The lowest BCUT2D eigenvalue weighted by Gasteiger charge is -2.42. The van der Waals surface area contributed by atoms with E-state index in [-0.39, 0.29) is 12.3 Å². The van der Waals surface area contributed by atoms with Gasteiger partial charge in [0.1, 0.15) is 0 Å². The summed E-state index contributed by atoms with van der Waals surface area (Å²) in [5.74, 6) is 3.23. The number of benzene rings is 1. The summed E-state index contributed by atoms with van der Waals surface area (Å²) in [6.45, 7) is 12.8. The molecule has 2 aromatic rings. The number of fused-ring (bicyclic) bond motifs is 1. The standard InChI is InChI=1S/C28H37N3OS.C2H6.CH3NO/c1-20-18-33-19-24(20)7-8-28(32)31-15-9-22(10-16-31)21(2)30-13-11-23(12-14-30)26-17-29-27-6-4-3-5-25(26)27;1-2;2-1-3/h3-8,17,19-23,29H,9-16,18H2,1-2H3;1-2H3;1H,(H2,2,3)/b8-7+;;. The van der Waals surface area contributed by atoms with Gasteiger partial charge in [-0.05, 0) is 86.1 Å². The number of H-pyrrole nitrogens is 1. The first kappa shape index (κ1) is 30.0. The Balaban J connectivity index is 0.000000748. The topological polar surface area (TPSA) is 82.4 Å². The largest absolute Gasteiger partial charge is 0.372 e. The Bertz CT molecular complexity index is 1080. The minimum Gasteiger partial charge on any atom is -0.372 e. The van der Waals surface area contributed by atoms with E-state index >= 15 is 0 Å². The monoisotopic (exact) mass is 538 g/mol. The van der Waals surface area contributed by atoms with Crippen molar-refractivity contribution in [1.29, 1.82) is 0 Å². The van der Waals surface area contributed by atoms with Gasteiger partial charge in [0.05, 0.1) is 0 Å². The molecule has 2 unspecified atom stereocenters. The average molecular weight is 539 g/mol. The number of nitrogens with zero attached hydrogens (tertiary/aromatic N) is 2. The van der Waals surface area contributed by atoms with Gasteiger partial charge in [-0.1, -0.05) is 45.0 Å². The number of rotatable bonds is 5. The van der Waals surface area contributed by atoms with Gasteiger partial charge in [-0.15, -0.1) is 11.8 Å². The molecule has 208 valence electrons. The highest BCUT2D eigenvalue weighted by Crippen LogP contribution is 2.35. The van der Waals surface area contributed by atoms with E-state index in [1.807, 2.05) is 31.7 Å². The minimum atomic E-state index is 0.186. The Morgan fingerprint density at radius 3 is 2.39 bits per heavy atom. The summed E-state index contributed by atoms with van der Waals surface area (Å²) in [5.41, 5.74) is 8.22. The van der Waals surface area contributed by atoms with Gasteiger partial charge < -0.3 is 20.5 Å². The minimum absolute atomic E-state index is 0.186. The van der Waals surface area contributed by atoms with Crippen molar-refractivity contribution < 1.29 is 9.59 Å². The SMILES string of the molecule is CC.CC1CSC=C1/C=C/C(=O)N1CCC(C(C)N2CCC(c3c[nH]c4ccccc34)CC2)CC1.NC=O. The van der Waals surface area contributed by atoms with Crippen molar-refractivity contribution >= 4 is 35.0 Å². The van der Waals surface area contributed by atoms with Gasteiger partial charge in [0, 0.05) is 48.1 Å². The number of aromatic amines is 1. The van der Waals surface area contributed by atoms with Crippen LogP contribution in [-0.4, -0.2) is 65.1 Å². The molecular formula is C31H46N4O2S. The molecule has 0 aliphatic carbocycles. The maximum absolute atomic E-state index is 12.7. The molecule has 2 fully saturated rings. The molecule has 7 heteroatoms. The second kappa shape index (κ2) is 15.2. The van der Waals surface area contributed by atoms with Gasteiger partial charge in [-0.3, -0.25) is 9.59 Å². The Morgan fingerprint density at radius 1 is 1.11 bits per heavy atom. The molecule has 0 spiro atoms. The van der Waals surface area contributed by atoms with Crippen molar-refractivity contribution in [1.82, 2.24) is 14.8 Å². The molecular weight excluding hydrogens is 492 g/mol. The van der Waals surface area contributed by atoms with Crippen molar-refractivity contribution in [3.63, 3.8) is 0 Å². The normalized spacial score (nSPS) is 21.8. The van der Waals surface area contributed by atoms with Crippen molar-refractivity contribution in [2.45, 2.75) is 65.3 Å². The molecule has 5 rings (SSSR count). The van der Waals surface area contributed by atoms with Crippen LogP contribution in [0.4, 0.5) is 0 Å². The second-order valence-electron chi connectivity index (χ2n) is 10.3. The molecule has 38 heavy (non-hydrogen) atoms. The van der Waals surface area contributed by atoms with Gasteiger partial charge in [-0.2, -0.15) is 0 Å². The maximum atomic E-state index is 12.7. The molecule has 1 aromatic heterocycles. The number of aromatic nitrogens is 1. The number of para-hydroxylation sites is 1. The van der Waals surface area contributed by atoms with E-state index in [1.165, 1.54) is 48.0 Å². The highest BCUT2D eigenvalue weighted by molar-refractivity contribution is 8.02. The highest BCUT2D eigenvalue weighted by atomic mass is 32.2. The lowest BCUT2D eigenvalue weighted by Crippen LogP contribution is -2.47. The van der Waals surface area contributed by atoms with Gasteiger partial charge in [0.2, 0.25) is 12.3 Å². The van der Waals surface area contributed by atoms with Crippen molar-refractivity contribution in [3.8, 4) is 0 Å². The fourth-order valence-electron chi connectivity index (χ4n) is 5.93. The molecule has 2 atom stereocenters. The molecule has 3 N–H and O–H groups in total. The number of likely N-dealkylation sites (tertiary alicyclic amines) is 2. The van der Waals surface area contributed by atoms with Crippen LogP contribution >= 0.6 is 11.8 Å². The zero-order chi connectivity index (χ0) is 27.5. The number of amides is 2. The molecule has 1 aromatic carbocycles. The van der Waals surface area contributed by atoms with Crippen LogP contribution in [-0.2, 0) is 9.59 Å². The van der Waals surface area contributed by atoms with Crippen LogP contribution in [0.2, 0.25) is 0 Å². The third kappa shape index (κ3) is 7.54. The van der Waals surface area contributed by atoms with Crippen LogP contribution in [0.25, 0.3) is 10.9 Å². The van der Waals surface area contributed by atoms with Crippen molar-refractivity contribution in [3.05, 3.63) is 59.2 Å². The van der Waals surface area contributed by atoms with Gasteiger partial charge in [0.25, 0.3) is 0 Å². The van der Waals surface area contributed by atoms with E-state index in [0.717, 1.165) is 31.7 Å². The maximum Gasteiger partial charge on any atom is 0.246 e. The number of allylic oxidation sites excluding steroid dienone is 2. The van der Waals surface area contributed by atoms with Crippen LogP contribution in [0.5, 0.6) is 0 Å². The fraction of sp³-hybridized carbons (Fsp3) is 0.548. The van der Waals surface area contributed by atoms with E-state index in [2.05, 4.69) is 70.2 Å². The Morgan fingerprint density at radius 2 is 1.76 bits per heavy atom. The molecule has 2 amide bonds. The van der Waals surface area contributed by atoms with Crippen LogP contribution in [0.3, 0.4) is 0 Å². The van der Waals surface area contributed by atoms with Crippen LogP contribution in [0, 0.1) is 11.8 Å².